The third-order valence-electron chi connectivity index (χ3n) is 3.91. The van der Waals surface area contributed by atoms with Crippen molar-refractivity contribution >= 4 is 0 Å². The van der Waals surface area contributed by atoms with Crippen molar-refractivity contribution in [1.82, 2.24) is 4.90 Å². The van der Waals surface area contributed by atoms with Crippen molar-refractivity contribution in [1.29, 1.82) is 0 Å². The summed E-state index contributed by atoms with van der Waals surface area (Å²) in [7, 11) is 0. The molecule has 0 aromatic heterocycles. The highest BCUT2D eigenvalue weighted by Crippen LogP contribution is 2.36. The number of hydrogen-bond acceptors (Lipinski definition) is 2. The quantitative estimate of drug-likeness (QED) is 0.942. The van der Waals surface area contributed by atoms with Crippen LogP contribution in [0.1, 0.15) is 22.7 Å². The molecular formula is C16H15F3N2. The maximum atomic E-state index is 13.9. The van der Waals surface area contributed by atoms with E-state index in [1.54, 1.807) is 18.2 Å². The lowest BCUT2D eigenvalue weighted by atomic mass is 10.0. The number of benzene rings is 2. The van der Waals surface area contributed by atoms with E-state index in [2.05, 4.69) is 0 Å². The second-order valence-electron chi connectivity index (χ2n) is 5.20. The zero-order chi connectivity index (χ0) is 15.0. The van der Waals surface area contributed by atoms with Gasteiger partial charge in [0.2, 0.25) is 0 Å². The molecule has 2 aromatic carbocycles. The van der Waals surface area contributed by atoms with Gasteiger partial charge in [0.1, 0.15) is 17.5 Å². The Morgan fingerprint density at radius 2 is 1.86 bits per heavy atom. The van der Waals surface area contributed by atoms with Crippen molar-refractivity contribution in [3.63, 3.8) is 0 Å². The molecule has 1 heterocycles. The Morgan fingerprint density at radius 1 is 1.10 bits per heavy atom. The lowest BCUT2D eigenvalue weighted by molar-refractivity contribution is 0.207. The molecule has 0 saturated carbocycles. The van der Waals surface area contributed by atoms with Crippen molar-refractivity contribution in [3.05, 3.63) is 70.5 Å². The molecule has 2 N–H and O–H groups in total. The second kappa shape index (κ2) is 5.50. The molecule has 1 aliphatic heterocycles. The second-order valence-corrected chi connectivity index (χ2v) is 5.20. The fourth-order valence-corrected chi connectivity index (χ4v) is 2.89. The smallest absolute Gasteiger partial charge is 0.130 e. The van der Waals surface area contributed by atoms with Crippen LogP contribution in [0.25, 0.3) is 0 Å². The van der Waals surface area contributed by atoms with Crippen molar-refractivity contribution in [2.24, 2.45) is 5.73 Å². The summed E-state index contributed by atoms with van der Waals surface area (Å²) in [5.41, 5.74) is 7.28. The van der Waals surface area contributed by atoms with Crippen LogP contribution in [0, 0.1) is 17.5 Å². The summed E-state index contributed by atoms with van der Waals surface area (Å²) >= 11 is 0. The lowest BCUT2D eigenvalue weighted by Crippen LogP contribution is -2.27. The third-order valence-corrected chi connectivity index (χ3v) is 3.91. The Kier molecular flexibility index (Phi) is 3.69. The molecule has 21 heavy (non-hydrogen) atoms. The largest absolute Gasteiger partial charge is 0.329 e. The highest BCUT2D eigenvalue weighted by atomic mass is 19.1. The van der Waals surface area contributed by atoms with E-state index in [9.17, 15) is 13.2 Å². The van der Waals surface area contributed by atoms with Crippen LogP contribution in [0.15, 0.2) is 36.4 Å². The topological polar surface area (TPSA) is 29.3 Å². The summed E-state index contributed by atoms with van der Waals surface area (Å²) < 4.78 is 41.0. The summed E-state index contributed by atoms with van der Waals surface area (Å²) in [4.78, 5) is 1.87. The number of nitrogens with zero attached hydrogens (tertiary/aromatic N) is 1. The van der Waals surface area contributed by atoms with Crippen LogP contribution < -0.4 is 5.73 Å². The zero-order valence-corrected chi connectivity index (χ0v) is 11.3. The SMILES string of the molecule is NCC1c2cc(F)cc(F)c2CN1Cc1ccccc1F. The van der Waals surface area contributed by atoms with Gasteiger partial charge in [-0.3, -0.25) is 4.90 Å². The van der Waals surface area contributed by atoms with E-state index in [0.29, 0.717) is 29.8 Å². The van der Waals surface area contributed by atoms with Crippen LogP contribution in [0.2, 0.25) is 0 Å². The lowest BCUT2D eigenvalue weighted by Gasteiger charge is -2.24. The number of hydrogen-bond donors (Lipinski definition) is 1. The van der Waals surface area contributed by atoms with Gasteiger partial charge in [-0.25, -0.2) is 13.2 Å². The molecule has 0 spiro atoms. The minimum atomic E-state index is -0.613. The van der Waals surface area contributed by atoms with Crippen LogP contribution >= 0.6 is 0 Å². The van der Waals surface area contributed by atoms with Crippen LogP contribution in [-0.2, 0) is 13.1 Å². The molecule has 2 nitrogen and oxygen atoms in total. The molecule has 0 saturated heterocycles. The first-order valence-electron chi connectivity index (χ1n) is 6.75. The van der Waals surface area contributed by atoms with Gasteiger partial charge in [-0.2, -0.15) is 0 Å². The average molecular weight is 292 g/mol. The Bertz CT molecular complexity index is 673. The maximum absolute atomic E-state index is 13.9. The van der Waals surface area contributed by atoms with Crippen molar-refractivity contribution in [3.8, 4) is 0 Å². The molecule has 1 aliphatic rings. The first-order chi connectivity index (χ1) is 10.1. The normalized spacial score (nSPS) is 18.0. The summed E-state index contributed by atoms with van der Waals surface area (Å²) in [5, 5.41) is 0. The van der Waals surface area contributed by atoms with Crippen LogP contribution in [-0.4, -0.2) is 11.4 Å². The van der Waals surface area contributed by atoms with E-state index in [1.165, 1.54) is 12.1 Å². The third kappa shape index (κ3) is 2.54. The molecule has 5 heteroatoms. The zero-order valence-electron chi connectivity index (χ0n) is 11.3. The van der Waals surface area contributed by atoms with Gasteiger partial charge in [0.15, 0.2) is 0 Å². The fraction of sp³-hybridized carbons (Fsp3) is 0.250. The van der Waals surface area contributed by atoms with Crippen molar-refractivity contribution < 1.29 is 13.2 Å². The minimum Gasteiger partial charge on any atom is -0.329 e. The van der Waals surface area contributed by atoms with E-state index in [0.717, 1.165) is 6.07 Å². The predicted octanol–water partition coefficient (Wildman–Crippen LogP) is 3.12. The van der Waals surface area contributed by atoms with Gasteiger partial charge in [-0.1, -0.05) is 18.2 Å². The number of halogens is 3. The molecule has 0 amide bonds. The fourth-order valence-electron chi connectivity index (χ4n) is 2.89. The van der Waals surface area contributed by atoms with E-state index in [-0.39, 0.29) is 18.4 Å². The van der Waals surface area contributed by atoms with E-state index < -0.39 is 11.6 Å². The van der Waals surface area contributed by atoms with Crippen LogP contribution in [0.5, 0.6) is 0 Å². The molecule has 0 bridgehead atoms. The Balaban J connectivity index is 1.92. The van der Waals surface area contributed by atoms with Gasteiger partial charge < -0.3 is 5.73 Å². The molecule has 0 fully saturated rings. The molecule has 3 rings (SSSR count). The van der Waals surface area contributed by atoms with Crippen LogP contribution in [0.3, 0.4) is 0 Å². The molecule has 2 aromatic rings. The van der Waals surface area contributed by atoms with Gasteiger partial charge >= 0.3 is 0 Å². The molecule has 110 valence electrons. The summed E-state index contributed by atoms with van der Waals surface area (Å²) in [6.07, 6.45) is 0. The van der Waals surface area contributed by atoms with Gasteiger partial charge in [0.25, 0.3) is 0 Å². The van der Waals surface area contributed by atoms with Gasteiger partial charge in [-0.15, -0.1) is 0 Å². The Labute approximate surface area is 121 Å². The minimum absolute atomic E-state index is 0.227. The van der Waals surface area contributed by atoms with E-state index >= 15 is 0 Å². The summed E-state index contributed by atoms with van der Waals surface area (Å²) in [6, 6.07) is 8.33. The number of nitrogens with two attached hydrogens (primary N) is 1. The predicted molar refractivity (Wildman–Crippen MR) is 73.8 cm³/mol. The maximum Gasteiger partial charge on any atom is 0.130 e. The molecule has 1 unspecified atom stereocenters. The van der Waals surface area contributed by atoms with Crippen LogP contribution in [0.4, 0.5) is 13.2 Å². The molecule has 0 radical (unpaired) electrons. The number of rotatable bonds is 3. The van der Waals surface area contributed by atoms with Gasteiger partial charge in [0.05, 0.1) is 0 Å². The summed E-state index contributed by atoms with van der Waals surface area (Å²) in [5.74, 6) is -1.49. The average Bonchev–Trinajstić information content (AvgIpc) is 2.79. The van der Waals surface area contributed by atoms with Gasteiger partial charge in [-0.05, 0) is 17.7 Å². The van der Waals surface area contributed by atoms with E-state index in [4.69, 9.17) is 5.73 Å². The summed E-state index contributed by atoms with van der Waals surface area (Å²) in [6.45, 7) is 0.840. The first kappa shape index (κ1) is 14.1. The van der Waals surface area contributed by atoms with Crippen molar-refractivity contribution in [2.45, 2.75) is 19.1 Å². The Hall–Kier alpha value is -1.85. The number of fused-ring (bicyclic) bond motifs is 1. The van der Waals surface area contributed by atoms with Gasteiger partial charge in [0, 0.05) is 42.9 Å². The Morgan fingerprint density at radius 3 is 2.57 bits per heavy atom. The molecule has 0 aliphatic carbocycles. The van der Waals surface area contributed by atoms with Crippen molar-refractivity contribution in [2.75, 3.05) is 6.54 Å². The highest BCUT2D eigenvalue weighted by Gasteiger charge is 2.32. The molecular weight excluding hydrogens is 277 g/mol. The molecule has 1 atom stereocenters. The monoisotopic (exact) mass is 292 g/mol. The highest BCUT2D eigenvalue weighted by molar-refractivity contribution is 5.36. The standard InChI is InChI=1S/C16H15F3N2/c17-11-5-12-13(15(19)6-11)9-21(16(12)7-20)8-10-3-1-2-4-14(10)18/h1-6,16H,7-9,20H2. The first-order valence-corrected chi connectivity index (χ1v) is 6.75. The van der Waals surface area contributed by atoms with E-state index in [1.807, 2.05) is 4.90 Å².